The van der Waals surface area contributed by atoms with Gasteiger partial charge in [-0.05, 0) is 47.0 Å². The quantitative estimate of drug-likeness (QED) is 0.428. The number of aromatic nitrogens is 1. The van der Waals surface area contributed by atoms with Crippen LogP contribution in [0.15, 0.2) is 77.5 Å². The molecule has 3 atom stereocenters. The third-order valence-corrected chi connectivity index (χ3v) is 6.17. The second kappa shape index (κ2) is 8.85. The minimum atomic E-state index is -1.04. The molecule has 4 rings (SSSR count). The summed E-state index contributed by atoms with van der Waals surface area (Å²) in [6.07, 6.45) is 3.34. The fourth-order valence-electron chi connectivity index (χ4n) is 4.20. The van der Waals surface area contributed by atoms with Gasteiger partial charge in [0.2, 0.25) is 11.9 Å². The molecule has 0 saturated carbocycles. The van der Waals surface area contributed by atoms with Crippen molar-refractivity contribution in [3.8, 4) is 5.75 Å². The number of hydrogen-bond acceptors (Lipinski definition) is 5. The molecule has 1 aliphatic heterocycles. The molecule has 1 unspecified atom stereocenters. The zero-order valence-electron chi connectivity index (χ0n) is 16.5. The van der Waals surface area contributed by atoms with Crippen molar-refractivity contribution < 1.29 is 14.8 Å². The van der Waals surface area contributed by atoms with Crippen LogP contribution >= 0.6 is 15.9 Å². The van der Waals surface area contributed by atoms with Crippen LogP contribution in [0.2, 0.25) is 0 Å². The minimum Gasteiger partial charge on any atom is -0.508 e. The van der Waals surface area contributed by atoms with Crippen LogP contribution in [0.25, 0.3) is 0 Å². The Morgan fingerprint density at radius 1 is 1.10 bits per heavy atom. The molecule has 7 nitrogen and oxygen atoms in total. The van der Waals surface area contributed by atoms with E-state index in [1.165, 1.54) is 12.1 Å². The summed E-state index contributed by atoms with van der Waals surface area (Å²) < 4.78 is 0.865. The number of halogens is 1. The number of benzene rings is 2. The van der Waals surface area contributed by atoms with Gasteiger partial charge in [-0.25, -0.2) is 0 Å². The number of carbonyl (C=O) groups excluding carboxylic acids is 1. The van der Waals surface area contributed by atoms with E-state index in [2.05, 4.69) is 20.9 Å². The van der Waals surface area contributed by atoms with Crippen LogP contribution in [0.5, 0.6) is 5.75 Å². The molecular weight excluding hydrogens is 462 g/mol. The second-order valence-corrected chi connectivity index (χ2v) is 8.47. The Balaban J connectivity index is 1.80. The summed E-state index contributed by atoms with van der Waals surface area (Å²) in [6, 6.07) is 15.4. The van der Waals surface area contributed by atoms with Gasteiger partial charge >= 0.3 is 0 Å². The van der Waals surface area contributed by atoms with E-state index in [4.69, 9.17) is 0 Å². The molecule has 2 heterocycles. The van der Waals surface area contributed by atoms with Crippen LogP contribution in [0.4, 0.5) is 0 Å². The Kier molecular flexibility index (Phi) is 5.99. The lowest BCUT2D eigenvalue weighted by molar-refractivity contribution is -0.537. The lowest BCUT2D eigenvalue weighted by Gasteiger charge is -2.41. The number of hydrogen-bond donors (Lipinski definition) is 1. The molecule has 3 aromatic rings. The molecule has 0 spiro atoms. The maximum Gasteiger partial charge on any atom is 0.244 e. The molecule has 2 aromatic carbocycles. The number of amides is 1. The normalized spacial score (nSPS) is 21.1. The molecule has 1 N–H and O–H groups in total. The Morgan fingerprint density at radius 2 is 1.77 bits per heavy atom. The molecule has 1 aliphatic rings. The van der Waals surface area contributed by atoms with E-state index in [1.54, 1.807) is 35.5 Å². The van der Waals surface area contributed by atoms with Crippen molar-refractivity contribution in [2.24, 2.45) is 0 Å². The van der Waals surface area contributed by atoms with Crippen molar-refractivity contribution in [2.45, 2.75) is 31.0 Å². The smallest absolute Gasteiger partial charge is 0.244 e. The van der Waals surface area contributed by atoms with Gasteiger partial charge in [-0.1, -0.05) is 46.3 Å². The summed E-state index contributed by atoms with van der Waals surface area (Å²) in [7, 11) is 0. The first-order valence-electron chi connectivity index (χ1n) is 9.80. The third kappa shape index (κ3) is 4.44. The molecule has 1 aromatic heterocycles. The molecule has 8 heteroatoms. The zero-order chi connectivity index (χ0) is 22.0. The van der Waals surface area contributed by atoms with Crippen LogP contribution in [0.3, 0.4) is 0 Å². The summed E-state index contributed by atoms with van der Waals surface area (Å²) in [5.41, 5.74) is 2.16. The van der Waals surface area contributed by atoms with E-state index in [0.29, 0.717) is 5.56 Å². The molecule has 0 bridgehead atoms. The number of pyridine rings is 1. The van der Waals surface area contributed by atoms with Gasteiger partial charge in [-0.15, -0.1) is 0 Å². The molecule has 31 heavy (non-hydrogen) atoms. The Bertz CT molecular complexity index is 1070. The van der Waals surface area contributed by atoms with Gasteiger partial charge in [0.1, 0.15) is 11.8 Å². The van der Waals surface area contributed by atoms with E-state index in [1.807, 2.05) is 30.3 Å². The van der Waals surface area contributed by atoms with E-state index in [0.717, 1.165) is 15.6 Å². The van der Waals surface area contributed by atoms with Crippen molar-refractivity contribution in [3.05, 3.63) is 104 Å². The standard InChI is InChI=1S/C23H20BrN3O4/c24-18-7-3-16(4-8-18)20-12-21(29)26(14-15-2-1-11-25-13-15)22(23(20)27(30)31)17-5-9-19(28)10-6-17/h1-11,13,20,22-23,28H,12,14H2/t20?,22-,23+/m1/s1. The van der Waals surface area contributed by atoms with E-state index in [-0.39, 0.29) is 29.5 Å². The van der Waals surface area contributed by atoms with Gasteiger partial charge < -0.3 is 10.0 Å². The van der Waals surface area contributed by atoms with Crippen molar-refractivity contribution >= 4 is 21.8 Å². The van der Waals surface area contributed by atoms with Gasteiger partial charge in [0.05, 0.1) is 5.92 Å². The predicted molar refractivity (Wildman–Crippen MR) is 118 cm³/mol. The number of carbonyl (C=O) groups is 1. The molecular formula is C23H20BrN3O4. The van der Waals surface area contributed by atoms with E-state index >= 15 is 0 Å². The first kappa shape index (κ1) is 21.0. The first-order valence-corrected chi connectivity index (χ1v) is 10.6. The fourth-order valence-corrected chi connectivity index (χ4v) is 4.46. The predicted octanol–water partition coefficient (Wildman–Crippen LogP) is 4.45. The SMILES string of the molecule is O=C1CC(c2ccc(Br)cc2)[C@H]([N+](=O)[O-])[C@@H](c2ccc(O)cc2)N1Cc1cccnc1. The Hall–Kier alpha value is -3.26. The highest BCUT2D eigenvalue weighted by Gasteiger charge is 2.50. The minimum absolute atomic E-state index is 0.0438. The topological polar surface area (TPSA) is 96.6 Å². The lowest BCUT2D eigenvalue weighted by Crippen LogP contribution is -2.51. The van der Waals surface area contributed by atoms with Crippen molar-refractivity contribution in [1.29, 1.82) is 0 Å². The zero-order valence-corrected chi connectivity index (χ0v) is 18.1. The Labute approximate surface area is 187 Å². The molecule has 1 fully saturated rings. The van der Waals surface area contributed by atoms with Crippen molar-refractivity contribution in [3.63, 3.8) is 0 Å². The summed E-state index contributed by atoms with van der Waals surface area (Å²) in [5.74, 6) is -0.667. The summed E-state index contributed by atoms with van der Waals surface area (Å²) in [6.45, 7) is 0.218. The number of nitrogens with zero attached hydrogens (tertiary/aromatic N) is 3. The maximum absolute atomic E-state index is 13.3. The third-order valence-electron chi connectivity index (χ3n) is 5.64. The van der Waals surface area contributed by atoms with Crippen molar-refractivity contribution in [2.75, 3.05) is 0 Å². The number of phenolic OH excluding ortho intramolecular Hbond substituents is 1. The van der Waals surface area contributed by atoms with Gasteiger partial charge in [0, 0.05) is 34.8 Å². The van der Waals surface area contributed by atoms with Crippen molar-refractivity contribution in [1.82, 2.24) is 9.88 Å². The van der Waals surface area contributed by atoms with Crippen LogP contribution in [0, 0.1) is 10.1 Å². The molecule has 1 amide bonds. The highest BCUT2D eigenvalue weighted by molar-refractivity contribution is 9.10. The van der Waals surface area contributed by atoms with E-state index in [9.17, 15) is 20.0 Å². The Morgan fingerprint density at radius 3 is 2.39 bits per heavy atom. The summed E-state index contributed by atoms with van der Waals surface area (Å²) in [5, 5.41) is 22.1. The number of aromatic hydroxyl groups is 1. The van der Waals surface area contributed by atoms with Gasteiger partial charge in [-0.3, -0.25) is 19.9 Å². The first-order chi connectivity index (χ1) is 14.9. The molecule has 1 saturated heterocycles. The highest BCUT2D eigenvalue weighted by atomic mass is 79.9. The number of rotatable bonds is 5. The number of phenols is 1. The molecule has 0 radical (unpaired) electrons. The fraction of sp³-hybridized carbons (Fsp3) is 0.217. The van der Waals surface area contributed by atoms with Gasteiger partial charge in [0.15, 0.2) is 0 Å². The van der Waals surface area contributed by atoms with Gasteiger partial charge in [-0.2, -0.15) is 0 Å². The van der Waals surface area contributed by atoms with E-state index < -0.39 is 18.0 Å². The van der Waals surface area contributed by atoms with Crippen LogP contribution in [-0.2, 0) is 11.3 Å². The summed E-state index contributed by atoms with van der Waals surface area (Å²) in [4.78, 5) is 31.0. The number of piperidine rings is 1. The molecule has 158 valence electrons. The largest absolute Gasteiger partial charge is 0.508 e. The number of nitro groups is 1. The van der Waals surface area contributed by atoms with Crippen LogP contribution < -0.4 is 0 Å². The van der Waals surface area contributed by atoms with Gasteiger partial charge in [0.25, 0.3) is 0 Å². The summed E-state index contributed by atoms with van der Waals surface area (Å²) >= 11 is 3.39. The second-order valence-electron chi connectivity index (χ2n) is 7.56. The maximum atomic E-state index is 13.3. The lowest BCUT2D eigenvalue weighted by atomic mass is 9.78. The highest BCUT2D eigenvalue weighted by Crippen LogP contribution is 2.43. The average molecular weight is 482 g/mol. The van der Waals surface area contributed by atoms with Crippen LogP contribution in [0.1, 0.15) is 35.1 Å². The number of likely N-dealkylation sites (tertiary alicyclic amines) is 1. The molecule has 0 aliphatic carbocycles. The monoisotopic (exact) mass is 481 g/mol. The average Bonchev–Trinajstić information content (AvgIpc) is 2.76. The van der Waals surface area contributed by atoms with Crippen LogP contribution in [-0.4, -0.2) is 31.9 Å².